The molecular formula is C15H20BrNO3S. The molecule has 0 fully saturated rings. The van der Waals surface area contributed by atoms with Crippen LogP contribution in [-0.2, 0) is 28.1 Å². The van der Waals surface area contributed by atoms with Gasteiger partial charge in [-0.15, -0.1) is 4.72 Å². The lowest BCUT2D eigenvalue weighted by Crippen LogP contribution is -2.51. The van der Waals surface area contributed by atoms with Crippen LogP contribution < -0.4 is 4.72 Å². The van der Waals surface area contributed by atoms with Crippen LogP contribution in [0.5, 0.6) is 0 Å². The van der Waals surface area contributed by atoms with Gasteiger partial charge in [-0.25, -0.2) is 0 Å². The Hall–Kier alpha value is -0.560. The van der Waals surface area contributed by atoms with Crippen LogP contribution in [0, 0.1) is 0 Å². The van der Waals surface area contributed by atoms with Crippen LogP contribution in [0.3, 0.4) is 0 Å². The average Bonchev–Trinajstić information content (AvgIpc) is 2.65. The van der Waals surface area contributed by atoms with E-state index in [2.05, 4.69) is 20.7 Å². The van der Waals surface area contributed by atoms with Gasteiger partial charge >= 0.3 is 5.97 Å². The van der Waals surface area contributed by atoms with Crippen molar-refractivity contribution in [2.24, 2.45) is 0 Å². The Kier molecular flexibility index (Phi) is 4.73. The first-order valence-electron chi connectivity index (χ1n) is 6.84. The molecule has 0 aliphatic heterocycles. The van der Waals surface area contributed by atoms with E-state index in [4.69, 9.17) is 0 Å². The summed E-state index contributed by atoms with van der Waals surface area (Å²) < 4.78 is 16.1. The van der Waals surface area contributed by atoms with Crippen LogP contribution in [0.1, 0.15) is 44.7 Å². The number of hydrogen-bond donors (Lipinski definition) is 2. The first-order valence-corrected chi connectivity index (χ1v) is 8.79. The lowest BCUT2D eigenvalue weighted by atomic mass is 9.89. The molecule has 1 aromatic rings. The molecule has 1 aliphatic carbocycles. The van der Waals surface area contributed by atoms with Gasteiger partial charge < -0.3 is 9.66 Å². The van der Waals surface area contributed by atoms with E-state index in [1.807, 2.05) is 39.0 Å². The van der Waals surface area contributed by atoms with E-state index in [1.165, 1.54) is 0 Å². The molecule has 4 nitrogen and oxygen atoms in total. The van der Waals surface area contributed by atoms with Gasteiger partial charge in [-0.1, -0.05) is 22.0 Å². The van der Waals surface area contributed by atoms with Gasteiger partial charge in [-0.05, 0) is 56.9 Å². The standard InChI is InChI=1S/C15H20BrNO3S/c1-14(2,3)21(20)17-15(9-13(18)19)7-6-10-8-11(16)4-5-12(10)15/h4-5,8,17H,6-7,9H2,1-3H3,(H,18,19)/t15-,21?/m0/s1. The van der Waals surface area contributed by atoms with Crippen molar-refractivity contribution in [3.05, 3.63) is 33.8 Å². The maximum Gasteiger partial charge on any atom is 0.305 e. The molecule has 116 valence electrons. The van der Waals surface area contributed by atoms with Gasteiger partial charge in [0, 0.05) is 15.8 Å². The summed E-state index contributed by atoms with van der Waals surface area (Å²) in [7, 11) is 0. The van der Waals surface area contributed by atoms with Crippen LogP contribution in [0.25, 0.3) is 0 Å². The Morgan fingerprint density at radius 2 is 2.19 bits per heavy atom. The molecule has 1 aromatic carbocycles. The zero-order valence-electron chi connectivity index (χ0n) is 12.4. The maximum atomic E-state index is 12.5. The molecule has 0 heterocycles. The van der Waals surface area contributed by atoms with Crippen LogP contribution in [-0.4, -0.2) is 20.4 Å². The van der Waals surface area contributed by atoms with Crippen molar-refractivity contribution in [2.75, 3.05) is 0 Å². The van der Waals surface area contributed by atoms with Gasteiger partial charge in [0.05, 0.1) is 12.0 Å². The number of carbonyl (C=O) groups is 1. The lowest BCUT2D eigenvalue weighted by molar-refractivity contribution is -0.138. The van der Waals surface area contributed by atoms with E-state index in [9.17, 15) is 14.5 Å². The van der Waals surface area contributed by atoms with E-state index in [0.29, 0.717) is 6.42 Å². The normalized spacial score (nSPS) is 22.9. The third-order valence-corrected chi connectivity index (χ3v) is 5.88. The second-order valence-electron chi connectivity index (χ2n) is 6.44. The largest absolute Gasteiger partial charge is 0.598 e. The minimum Gasteiger partial charge on any atom is -0.598 e. The Morgan fingerprint density at radius 1 is 1.52 bits per heavy atom. The first kappa shape index (κ1) is 16.8. The molecule has 0 radical (unpaired) electrons. The molecule has 6 heteroatoms. The van der Waals surface area contributed by atoms with Crippen molar-refractivity contribution in [3.63, 3.8) is 0 Å². The number of carboxylic acids is 1. The zero-order chi connectivity index (χ0) is 15.8. The molecule has 1 aliphatic rings. The number of hydrogen-bond acceptors (Lipinski definition) is 3. The smallest absolute Gasteiger partial charge is 0.305 e. The van der Waals surface area contributed by atoms with Gasteiger partial charge in [0.2, 0.25) is 0 Å². The second kappa shape index (κ2) is 5.91. The van der Waals surface area contributed by atoms with Crippen LogP contribution in [0.15, 0.2) is 22.7 Å². The fourth-order valence-corrected chi connectivity index (χ4v) is 3.99. The van der Waals surface area contributed by atoms with Crippen molar-refractivity contribution in [2.45, 2.75) is 50.3 Å². The van der Waals surface area contributed by atoms with E-state index >= 15 is 0 Å². The van der Waals surface area contributed by atoms with Gasteiger partial charge in [0.15, 0.2) is 0 Å². The maximum absolute atomic E-state index is 12.5. The molecule has 0 aromatic heterocycles. The van der Waals surface area contributed by atoms with Crippen molar-refractivity contribution < 1.29 is 14.5 Å². The summed E-state index contributed by atoms with van der Waals surface area (Å²) in [5, 5.41) is 9.29. The fraction of sp³-hybridized carbons (Fsp3) is 0.533. The highest BCUT2D eigenvalue weighted by Crippen LogP contribution is 2.42. The summed E-state index contributed by atoms with van der Waals surface area (Å²) in [6.45, 7) is 5.63. The zero-order valence-corrected chi connectivity index (χ0v) is 14.8. The second-order valence-corrected chi connectivity index (χ2v) is 9.32. The molecular weight excluding hydrogens is 354 g/mol. The number of aliphatic carboxylic acids is 1. The first-order chi connectivity index (χ1) is 9.64. The Bertz CT molecular complexity index is 558. The Balaban J connectivity index is 2.40. The van der Waals surface area contributed by atoms with E-state index in [-0.39, 0.29) is 6.42 Å². The van der Waals surface area contributed by atoms with Gasteiger partial charge in [-0.2, -0.15) is 0 Å². The van der Waals surface area contributed by atoms with Crippen molar-refractivity contribution in [3.8, 4) is 0 Å². The highest BCUT2D eigenvalue weighted by molar-refractivity contribution is 9.10. The number of carboxylic acid groups (broad SMARTS) is 1. The SMILES string of the molecule is CC(C)(C)[S+]([O-])N[C@]1(CC(=O)O)CCc2cc(Br)ccc21. The molecule has 2 rings (SSSR count). The number of aryl methyl sites for hydroxylation is 1. The molecule has 0 bridgehead atoms. The summed E-state index contributed by atoms with van der Waals surface area (Å²) >= 11 is 2.12. The number of rotatable bonds is 4. The monoisotopic (exact) mass is 373 g/mol. The highest BCUT2D eigenvalue weighted by Gasteiger charge is 2.46. The van der Waals surface area contributed by atoms with E-state index < -0.39 is 27.6 Å². The van der Waals surface area contributed by atoms with Gasteiger partial charge in [0.25, 0.3) is 0 Å². The summed E-state index contributed by atoms with van der Waals surface area (Å²) in [4.78, 5) is 11.3. The van der Waals surface area contributed by atoms with Crippen LogP contribution >= 0.6 is 15.9 Å². The minimum atomic E-state index is -1.32. The summed E-state index contributed by atoms with van der Waals surface area (Å²) in [6, 6.07) is 5.85. The predicted octanol–water partition coefficient (Wildman–Crippen LogP) is 3.12. The molecule has 2 N–H and O–H groups in total. The number of halogens is 1. The molecule has 1 unspecified atom stereocenters. The number of nitrogens with one attached hydrogen (secondary N) is 1. The molecule has 0 saturated heterocycles. The molecule has 0 amide bonds. The predicted molar refractivity (Wildman–Crippen MR) is 87.4 cm³/mol. The summed E-state index contributed by atoms with van der Waals surface area (Å²) in [5.74, 6) is -0.885. The van der Waals surface area contributed by atoms with E-state index in [1.54, 1.807) is 0 Å². The summed E-state index contributed by atoms with van der Waals surface area (Å²) in [5.41, 5.74) is 1.31. The lowest BCUT2D eigenvalue weighted by Gasteiger charge is -2.34. The van der Waals surface area contributed by atoms with Crippen molar-refractivity contribution in [1.29, 1.82) is 0 Å². The van der Waals surface area contributed by atoms with Crippen molar-refractivity contribution in [1.82, 2.24) is 4.72 Å². The minimum absolute atomic E-state index is 0.0660. The topological polar surface area (TPSA) is 72.4 Å². The Morgan fingerprint density at radius 3 is 2.76 bits per heavy atom. The van der Waals surface area contributed by atoms with Crippen LogP contribution in [0.4, 0.5) is 0 Å². The molecule has 21 heavy (non-hydrogen) atoms. The highest BCUT2D eigenvalue weighted by atomic mass is 79.9. The average molecular weight is 374 g/mol. The molecule has 0 saturated carbocycles. The summed E-state index contributed by atoms with van der Waals surface area (Å²) in [6.07, 6.45) is 1.37. The molecule has 2 atom stereocenters. The Labute approximate surface area is 136 Å². The van der Waals surface area contributed by atoms with Crippen LogP contribution in [0.2, 0.25) is 0 Å². The number of fused-ring (bicyclic) bond motifs is 1. The number of benzene rings is 1. The van der Waals surface area contributed by atoms with Gasteiger partial charge in [-0.3, -0.25) is 4.79 Å². The fourth-order valence-electron chi connectivity index (χ4n) is 2.63. The van der Waals surface area contributed by atoms with Crippen molar-refractivity contribution >= 4 is 33.3 Å². The quantitative estimate of drug-likeness (QED) is 0.795. The molecule has 0 spiro atoms. The van der Waals surface area contributed by atoms with E-state index in [0.717, 1.165) is 22.0 Å². The third-order valence-electron chi connectivity index (χ3n) is 3.70. The third kappa shape index (κ3) is 3.62. The van der Waals surface area contributed by atoms with Gasteiger partial charge in [0.1, 0.15) is 4.75 Å².